The number of phenolic OH excluding ortho intramolecular Hbond substituents is 1. The molecule has 0 spiro atoms. The van der Waals surface area contributed by atoms with Crippen molar-refractivity contribution < 1.29 is 19.7 Å². The number of fused-ring (bicyclic) bond motifs is 1. The molecule has 1 unspecified atom stereocenters. The van der Waals surface area contributed by atoms with Crippen molar-refractivity contribution in [3.05, 3.63) is 17.7 Å². The number of aliphatic carboxylic acids is 1. The van der Waals surface area contributed by atoms with Gasteiger partial charge in [-0.05, 0) is 0 Å². The molecule has 80 valence electrons. The fourth-order valence-electron chi connectivity index (χ4n) is 1.68. The van der Waals surface area contributed by atoms with Crippen LogP contribution in [0.2, 0.25) is 0 Å². The minimum absolute atomic E-state index is 0.0700. The number of aromatic hydroxyl groups is 1. The van der Waals surface area contributed by atoms with E-state index < -0.39 is 12.0 Å². The van der Waals surface area contributed by atoms with Crippen LogP contribution in [0.5, 0.6) is 11.5 Å². The number of anilines is 1. The van der Waals surface area contributed by atoms with Crippen molar-refractivity contribution >= 4 is 11.7 Å². The molecule has 0 saturated heterocycles. The Bertz CT molecular complexity index is 416. The molecule has 5 nitrogen and oxygen atoms in total. The lowest BCUT2D eigenvalue weighted by atomic mass is 10.1. The van der Waals surface area contributed by atoms with E-state index in [2.05, 4.69) is 5.32 Å². The second-order valence-electron chi connectivity index (χ2n) is 3.41. The molecule has 3 N–H and O–H groups in total. The zero-order valence-corrected chi connectivity index (χ0v) is 8.15. The van der Waals surface area contributed by atoms with Crippen LogP contribution < -0.4 is 10.1 Å². The van der Waals surface area contributed by atoms with Crippen molar-refractivity contribution in [2.45, 2.75) is 12.5 Å². The number of carboxylic acids is 1. The highest BCUT2D eigenvalue weighted by Crippen LogP contribution is 2.36. The predicted molar refractivity (Wildman–Crippen MR) is 53.4 cm³/mol. The quantitative estimate of drug-likeness (QED) is 0.672. The van der Waals surface area contributed by atoms with E-state index in [9.17, 15) is 9.90 Å². The molecule has 1 heterocycles. The summed E-state index contributed by atoms with van der Waals surface area (Å²) in [4.78, 5) is 10.8. The second-order valence-corrected chi connectivity index (χ2v) is 3.41. The van der Waals surface area contributed by atoms with E-state index in [1.165, 1.54) is 13.2 Å². The summed E-state index contributed by atoms with van der Waals surface area (Å²) < 4.78 is 4.97. The fraction of sp³-hybridized carbons (Fsp3) is 0.300. The van der Waals surface area contributed by atoms with Crippen molar-refractivity contribution in [1.82, 2.24) is 0 Å². The van der Waals surface area contributed by atoms with Gasteiger partial charge in [-0.2, -0.15) is 0 Å². The molecule has 0 amide bonds. The molecule has 1 atom stereocenters. The summed E-state index contributed by atoms with van der Waals surface area (Å²) in [5.74, 6) is -0.352. The number of carbonyl (C=O) groups is 1. The Morgan fingerprint density at radius 1 is 1.60 bits per heavy atom. The molecule has 0 aromatic heterocycles. The van der Waals surface area contributed by atoms with Crippen molar-refractivity contribution in [2.24, 2.45) is 0 Å². The lowest BCUT2D eigenvalue weighted by molar-refractivity contribution is -0.137. The van der Waals surface area contributed by atoms with Crippen LogP contribution >= 0.6 is 0 Å². The van der Waals surface area contributed by atoms with E-state index in [0.717, 1.165) is 0 Å². The fourth-order valence-corrected chi connectivity index (χ4v) is 1.68. The van der Waals surface area contributed by atoms with Gasteiger partial charge in [-0.1, -0.05) is 0 Å². The summed E-state index contributed by atoms with van der Waals surface area (Å²) in [6.45, 7) is 0. The summed E-state index contributed by atoms with van der Waals surface area (Å²) in [5, 5.41) is 21.3. The van der Waals surface area contributed by atoms with Crippen LogP contribution in [-0.2, 0) is 11.2 Å². The summed E-state index contributed by atoms with van der Waals surface area (Å²) in [6, 6.07) is 2.49. The highest BCUT2D eigenvalue weighted by atomic mass is 16.5. The maximum absolute atomic E-state index is 10.8. The molecule has 5 heteroatoms. The van der Waals surface area contributed by atoms with E-state index >= 15 is 0 Å². The average molecular weight is 209 g/mol. The van der Waals surface area contributed by atoms with Gasteiger partial charge in [-0.25, -0.2) is 4.79 Å². The lowest BCUT2D eigenvalue weighted by Crippen LogP contribution is -2.26. The number of methoxy groups -OCH3 is 1. The van der Waals surface area contributed by atoms with Crippen LogP contribution in [-0.4, -0.2) is 29.3 Å². The third-order valence-corrected chi connectivity index (χ3v) is 2.47. The predicted octanol–water partition coefficient (Wildman–Crippen LogP) is 0.822. The average Bonchev–Trinajstić information content (AvgIpc) is 2.61. The van der Waals surface area contributed by atoms with Gasteiger partial charge in [0, 0.05) is 29.8 Å². The summed E-state index contributed by atoms with van der Waals surface area (Å²) in [6.07, 6.45) is 0.292. The van der Waals surface area contributed by atoms with Crippen LogP contribution in [0.1, 0.15) is 5.56 Å². The molecule has 1 aromatic rings. The SMILES string of the molecule is COc1cc(O)c2c(c1)NC(C(=O)O)C2. The van der Waals surface area contributed by atoms with E-state index in [0.29, 0.717) is 23.4 Å². The smallest absolute Gasteiger partial charge is 0.326 e. The Labute approximate surface area is 86.3 Å². The number of phenols is 1. The van der Waals surface area contributed by atoms with Gasteiger partial charge in [0.05, 0.1) is 7.11 Å². The van der Waals surface area contributed by atoms with E-state index in [1.807, 2.05) is 0 Å². The zero-order chi connectivity index (χ0) is 11.0. The van der Waals surface area contributed by atoms with Crippen LogP contribution in [0.25, 0.3) is 0 Å². The first-order valence-electron chi connectivity index (χ1n) is 4.51. The molecule has 15 heavy (non-hydrogen) atoms. The summed E-state index contributed by atoms with van der Waals surface area (Å²) in [5.41, 5.74) is 1.25. The normalized spacial score (nSPS) is 18.1. The third-order valence-electron chi connectivity index (χ3n) is 2.47. The Morgan fingerprint density at radius 3 is 2.93 bits per heavy atom. The van der Waals surface area contributed by atoms with Crippen molar-refractivity contribution in [1.29, 1.82) is 0 Å². The molecule has 0 aliphatic carbocycles. The van der Waals surface area contributed by atoms with Crippen LogP contribution in [0.4, 0.5) is 5.69 Å². The minimum Gasteiger partial charge on any atom is -0.507 e. The number of ether oxygens (including phenoxy) is 1. The van der Waals surface area contributed by atoms with Crippen LogP contribution in [0.15, 0.2) is 12.1 Å². The Kier molecular flexibility index (Phi) is 2.15. The van der Waals surface area contributed by atoms with Gasteiger partial charge >= 0.3 is 5.97 Å². The molecule has 0 saturated carbocycles. The highest BCUT2D eigenvalue weighted by molar-refractivity contribution is 5.82. The zero-order valence-electron chi connectivity index (χ0n) is 8.15. The number of hydrogen-bond donors (Lipinski definition) is 3. The van der Waals surface area contributed by atoms with Gasteiger partial charge in [0.25, 0.3) is 0 Å². The molecule has 1 aliphatic rings. The molecule has 0 fully saturated rings. The van der Waals surface area contributed by atoms with Crippen LogP contribution in [0.3, 0.4) is 0 Å². The highest BCUT2D eigenvalue weighted by Gasteiger charge is 2.28. The first-order valence-corrected chi connectivity index (χ1v) is 4.51. The second kappa shape index (κ2) is 3.34. The van der Waals surface area contributed by atoms with Crippen LogP contribution in [0, 0.1) is 0 Å². The monoisotopic (exact) mass is 209 g/mol. The molecular formula is C10H11NO4. The van der Waals surface area contributed by atoms with Gasteiger partial charge in [0.15, 0.2) is 0 Å². The van der Waals surface area contributed by atoms with Crippen molar-refractivity contribution in [2.75, 3.05) is 12.4 Å². The van der Waals surface area contributed by atoms with E-state index in [-0.39, 0.29) is 5.75 Å². The number of benzene rings is 1. The summed E-state index contributed by atoms with van der Waals surface area (Å²) >= 11 is 0. The lowest BCUT2D eigenvalue weighted by Gasteiger charge is -2.06. The Hall–Kier alpha value is -1.91. The van der Waals surface area contributed by atoms with E-state index in [4.69, 9.17) is 9.84 Å². The molecule has 1 aliphatic heterocycles. The van der Waals surface area contributed by atoms with E-state index in [1.54, 1.807) is 6.07 Å². The molecule has 0 radical (unpaired) electrons. The number of hydrogen-bond acceptors (Lipinski definition) is 4. The van der Waals surface area contributed by atoms with Gasteiger partial charge in [0.2, 0.25) is 0 Å². The molecule has 0 bridgehead atoms. The molecule has 2 rings (SSSR count). The summed E-state index contributed by atoms with van der Waals surface area (Å²) in [7, 11) is 1.49. The van der Waals surface area contributed by atoms with Gasteiger partial charge in [-0.15, -0.1) is 0 Å². The van der Waals surface area contributed by atoms with Crippen molar-refractivity contribution in [3.8, 4) is 11.5 Å². The number of nitrogens with one attached hydrogen (secondary N) is 1. The largest absolute Gasteiger partial charge is 0.507 e. The maximum atomic E-state index is 10.8. The number of rotatable bonds is 2. The third kappa shape index (κ3) is 1.56. The van der Waals surface area contributed by atoms with Gasteiger partial charge < -0.3 is 20.3 Å². The first-order chi connectivity index (χ1) is 7.11. The molecule has 1 aromatic carbocycles. The standard InChI is InChI=1S/C10H11NO4/c1-15-5-2-7-6(9(12)3-5)4-8(11-7)10(13)14/h2-3,8,11-12H,4H2,1H3,(H,13,14). The number of carboxylic acid groups (broad SMARTS) is 1. The Morgan fingerprint density at radius 2 is 2.33 bits per heavy atom. The van der Waals surface area contributed by atoms with Gasteiger partial charge in [-0.3, -0.25) is 0 Å². The maximum Gasteiger partial charge on any atom is 0.326 e. The Balaban J connectivity index is 2.37. The first kappa shape index (κ1) is 9.64. The van der Waals surface area contributed by atoms with Gasteiger partial charge in [0.1, 0.15) is 17.5 Å². The minimum atomic E-state index is -0.926. The molecular weight excluding hydrogens is 198 g/mol. The topological polar surface area (TPSA) is 78.8 Å². The van der Waals surface area contributed by atoms with Crippen molar-refractivity contribution in [3.63, 3.8) is 0 Å².